The molecule has 0 aromatic carbocycles. The molecule has 0 atom stereocenters. The Bertz CT molecular complexity index is 638. The van der Waals surface area contributed by atoms with Crippen molar-refractivity contribution in [2.24, 2.45) is 0 Å². The number of aromatic nitrogens is 5. The van der Waals surface area contributed by atoms with Crippen LogP contribution < -0.4 is 5.32 Å². The minimum absolute atomic E-state index is 0.113. The van der Waals surface area contributed by atoms with E-state index in [1.54, 1.807) is 13.8 Å². The summed E-state index contributed by atoms with van der Waals surface area (Å²) in [6, 6.07) is 0. The first-order chi connectivity index (χ1) is 9.52. The molecule has 1 N–H and O–H groups in total. The number of nitrogens with one attached hydrogen (secondary N) is 1. The van der Waals surface area contributed by atoms with E-state index in [1.807, 2.05) is 6.92 Å². The van der Waals surface area contributed by atoms with Gasteiger partial charge in [0.1, 0.15) is 17.8 Å². The van der Waals surface area contributed by atoms with Crippen molar-refractivity contribution in [3.8, 4) is 5.82 Å². The molecule has 0 spiro atoms. The van der Waals surface area contributed by atoms with E-state index in [0.717, 1.165) is 6.42 Å². The summed E-state index contributed by atoms with van der Waals surface area (Å²) in [5.41, 5.74) is -0.208. The van der Waals surface area contributed by atoms with E-state index >= 15 is 0 Å². The molecule has 0 aliphatic heterocycles. The minimum Gasteiger partial charge on any atom is -0.354 e. The number of nitrogens with zero attached hydrogens (tertiary/aromatic N) is 6. The fraction of sp³-hybridized carbons (Fsp3) is 0.455. The SMILES string of the molecule is CCCNc1ncc([N+](=O)[O-])c(-n2nc(C)nc2C)n1. The molecule has 106 valence electrons. The molecule has 0 unspecified atom stereocenters. The van der Waals surface area contributed by atoms with Crippen LogP contribution in [0.4, 0.5) is 11.6 Å². The molecule has 2 heterocycles. The normalized spacial score (nSPS) is 10.6. The van der Waals surface area contributed by atoms with Crippen LogP contribution in [0.2, 0.25) is 0 Å². The summed E-state index contributed by atoms with van der Waals surface area (Å²) in [5, 5.41) is 18.2. The first-order valence-corrected chi connectivity index (χ1v) is 6.19. The highest BCUT2D eigenvalue weighted by Gasteiger charge is 2.21. The minimum atomic E-state index is -0.532. The molecule has 0 saturated carbocycles. The molecule has 9 nitrogen and oxygen atoms in total. The van der Waals surface area contributed by atoms with Crippen molar-refractivity contribution in [2.45, 2.75) is 27.2 Å². The lowest BCUT2D eigenvalue weighted by molar-refractivity contribution is -0.385. The van der Waals surface area contributed by atoms with E-state index in [-0.39, 0.29) is 11.5 Å². The number of nitro groups is 1. The molecule has 20 heavy (non-hydrogen) atoms. The first kappa shape index (κ1) is 13.8. The maximum Gasteiger partial charge on any atom is 0.332 e. The number of aryl methyl sites for hydroxylation is 2. The summed E-state index contributed by atoms with van der Waals surface area (Å²) in [6.07, 6.45) is 2.08. The van der Waals surface area contributed by atoms with Crippen molar-refractivity contribution in [1.82, 2.24) is 24.7 Å². The molecule has 0 amide bonds. The second-order valence-corrected chi connectivity index (χ2v) is 4.20. The van der Waals surface area contributed by atoms with Gasteiger partial charge < -0.3 is 5.32 Å². The molecule has 0 saturated heterocycles. The summed E-state index contributed by atoms with van der Waals surface area (Å²) in [7, 11) is 0. The fourth-order valence-corrected chi connectivity index (χ4v) is 1.69. The molecule has 0 radical (unpaired) electrons. The van der Waals surface area contributed by atoms with Crippen LogP contribution in [-0.4, -0.2) is 36.2 Å². The van der Waals surface area contributed by atoms with Gasteiger partial charge in [0.15, 0.2) is 0 Å². The van der Waals surface area contributed by atoms with Crippen LogP contribution in [0.5, 0.6) is 0 Å². The quantitative estimate of drug-likeness (QED) is 0.649. The monoisotopic (exact) mass is 277 g/mol. The largest absolute Gasteiger partial charge is 0.354 e. The second kappa shape index (κ2) is 5.59. The zero-order valence-corrected chi connectivity index (χ0v) is 11.5. The molecule has 2 aromatic rings. The van der Waals surface area contributed by atoms with E-state index in [4.69, 9.17) is 0 Å². The maximum atomic E-state index is 11.1. The molecule has 2 rings (SSSR count). The molecule has 0 aliphatic carbocycles. The Balaban J connectivity index is 2.52. The average molecular weight is 277 g/mol. The Morgan fingerprint density at radius 1 is 1.40 bits per heavy atom. The lowest BCUT2D eigenvalue weighted by atomic mass is 10.4. The van der Waals surface area contributed by atoms with E-state index in [1.165, 1.54) is 10.9 Å². The van der Waals surface area contributed by atoms with Gasteiger partial charge in [0.25, 0.3) is 0 Å². The van der Waals surface area contributed by atoms with Crippen LogP contribution >= 0.6 is 0 Å². The van der Waals surface area contributed by atoms with Crippen LogP contribution in [-0.2, 0) is 0 Å². The molecule has 0 bridgehead atoms. The van der Waals surface area contributed by atoms with Crippen LogP contribution in [0.1, 0.15) is 25.0 Å². The van der Waals surface area contributed by atoms with Gasteiger partial charge in [0.2, 0.25) is 11.8 Å². The number of anilines is 1. The van der Waals surface area contributed by atoms with Crippen LogP contribution in [0.15, 0.2) is 6.20 Å². The zero-order chi connectivity index (χ0) is 14.7. The number of hydrogen-bond donors (Lipinski definition) is 1. The van der Waals surface area contributed by atoms with Crippen LogP contribution in [0.3, 0.4) is 0 Å². The third-order valence-electron chi connectivity index (χ3n) is 2.56. The maximum absolute atomic E-state index is 11.1. The Hall–Kier alpha value is -2.58. The van der Waals surface area contributed by atoms with E-state index in [0.29, 0.717) is 24.1 Å². The van der Waals surface area contributed by atoms with Crippen molar-refractivity contribution in [3.05, 3.63) is 28.0 Å². The predicted octanol–water partition coefficient (Wildman–Crippen LogP) is 1.40. The van der Waals surface area contributed by atoms with Crippen molar-refractivity contribution < 1.29 is 4.92 Å². The Morgan fingerprint density at radius 2 is 2.15 bits per heavy atom. The number of hydrogen-bond acceptors (Lipinski definition) is 7. The highest BCUT2D eigenvalue weighted by atomic mass is 16.6. The molecular weight excluding hydrogens is 262 g/mol. The lowest BCUT2D eigenvalue weighted by Crippen LogP contribution is -2.11. The van der Waals surface area contributed by atoms with Crippen LogP contribution in [0, 0.1) is 24.0 Å². The molecular formula is C11H15N7O2. The standard InChI is InChI=1S/C11H15N7O2/c1-4-5-12-11-13-6-9(18(19)20)10(15-11)17-8(3)14-7(2)16-17/h6H,4-5H2,1-3H3,(H,12,13,15). The Labute approximate surface area is 115 Å². The number of rotatable bonds is 5. The molecule has 0 fully saturated rings. The van der Waals surface area contributed by atoms with Crippen molar-refractivity contribution >= 4 is 11.6 Å². The van der Waals surface area contributed by atoms with Crippen molar-refractivity contribution in [3.63, 3.8) is 0 Å². The molecule has 9 heteroatoms. The average Bonchev–Trinajstić information content (AvgIpc) is 2.74. The van der Waals surface area contributed by atoms with E-state index in [2.05, 4.69) is 25.4 Å². The van der Waals surface area contributed by atoms with Gasteiger partial charge >= 0.3 is 5.69 Å². The summed E-state index contributed by atoms with van der Waals surface area (Å²) in [6.45, 7) is 6.12. The zero-order valence-electron chi connectivity index (χ0n) is 11.5. The Kier molecular flexibility index (Phi) is 3.87. The summed E-state index contributed by atoms with van der Waals surface area (Å²) < 4.78 is 1.35. The predicted molar refractivity (Wildman–Crippen MR) is 71.9 cm³/mol. The first-order valence-electron chi connectivity index (χ1n) is 6.19. The van der Waals surface area contributed by atoms with Crippen LogP contribution in [0.25, 0.3) is 5.82 Å². The van der Waals surface area contributed by atoms with Gasteiger partial charge in [0.05, 0.1) is 4.92 Å². The second-order valence-electron chi connectivity index (χ2n) is 4.20. The van der Waals surface area contributed by atoms with Gasteiger partial charge in [-0.1, -0.05) is 6.92 Å². The van der Waals surface area contributed by atoms with Gasteiger partial charge in [-0.15, -0.1) is 5.10 Å². The summed E-state index contributed by atoms with van der Waals surface area (Å²) >= 11 is 0. The van der Waals surface area contributed by atoms with Crippen molar-refractivity contribution in [2.75, 3.05) is 11.9 Å². The highest BCUT2D eigenvalue weighted by Crippen LogP contribution is 2.21. The third kappa shape index (κ3) is 2.71. The summed E-state index contributed by atoms with van der Waals surface area (Å²) in [4.78, 5) is 22.8. The van der Waals surface area contributed by atoms with Gasteiger partial charge in [-0.25, -0.2) is 9.97 Å². The van der Waals surface area contributed by atoms with Gasteiger partial charge in [-0.2, -0.15) is 9.67 Å². The fourth-order valence-electron chi connectivity index (χ4n) is 1.69. The van der Waals surface area contributed by atoms with E-state index < -0.39 is 4.92 Å². The topological polar surface area (TPSA) is 112 Å². The Morgan fingerprint density at radius 3 is 2.70 bits per heavy atom. The lowest BCUT2D eigenvalue weighted by Gasteiger charge is -2.06. The smallest absolute Gasteiger partial charge is 0.332 e. The highest BCUT2D eigenvalue weighted by molar-refractivity contribution is 5.48. The molecule has 2 aromatic heterocycles. The third-order valence-corrected chi connectivity index (χ3v) is 2.56. The van der Waals surface area contributed by atoms with Gasteiger partial charge in [-0.05, 0) is 20.3 Å². The van der Waals surface area contributed by atoms with Gasteiger partial charge in [0, 0.05) is 6.54 Å². The summed E-state index contributed by atoms with van der Waals surface area (Å²) in [5.74, 6) is 1.51. The molecule has 0 aliphatic rings. The van der Waals surface area contributed by atoms with Gasteiger partial charge in [-0.3, -0.25) is 10.1 Å². The van der Waals surface area contributed by atoms with E-state index in [9.17, 15) is 10.1 Å². The van der Waals surface area contributed by atoms with Crippen molar-refractivity contribution in [1.29, 1.82) is 0 Å².